The Morgan fingerprint density at radius 1 is 1.19 bits per heavy atom. The molecule has 1 saturated carbocycles. The minimum Gasteiger partial charge on any atom is -0.425 e. The summed E-state index contributed by atoms with van der Waals surface area (Å²) < 4.78 is 12.0. The number of aryl methyl sites for hydroxylation is 1. The number of pyridine rings is 1. The van der Waals surface area contributed by atoms with E-state index in [0.29, 0.717) is 17.8 Å². The Morgan fingerprint density at radius 2 is 2.12 bits per heavy atom. The molecule has 5 rings (SSSR count). The maximum Gasteiger partial charge on any atom is 0.219 e. The number of aromatic nitrogens is 3. The zero-order valence-electron chi connectivity index (χ0n) is 15.3. The first-order chi connectivity index (χ1) is 12.7. The van der Waals surface area contributed by atoms with Gasteiger partial charge in [0, 0.05) is 30.6 Å². The third-order valence-electron chi connectivity index (χ3n) is 6.00. The van der Waals surface area contributed by atoms with Crippen molar-refractivity contribution in [1.29, 1.82) is 0 Å². The molecule has 6 nitrogen and oxygen atoms in total. The maximum atomic E-state index is 6.14. The topological polar surface area (TPSA) is 64.3 Å². The van der Waals surface area contributed by atoms with E-state index in [1.54, 1.807) is 0 Å². The molecule has 0 bridgehead atoms. The molecule has 2 saturated heterocycles. The van der Waals surface area contributed by atoms with Crippen LogP contribution in [0.25, 0.3) is 0 Å². The molecule has 0 amide bonds. The number of fused-ring (bicyclic) bond motifs is 1. The van der Waals surface area contributed by atoms with Crippen molar-refractivity contribution in [1.82, 2.24) is 20.1 Å². The molecule has 0 aromatic carbocycles. The Bertz CT molecular complexity index is 773. The predicted molar refractivity (Wildman–Crippen MR) is 95.6 cm³/mol. The van der Waals surface area contributed by atoms with Gasteiger partial charge in [0.2, 0.25) is 11.8 Å². The molecule has 0 spiro atoms. The third kappa shape index (κ3) is 3.40. The van der Waals surface area contributed by atoms with Gasteiger partial charge in [0.05, 0.1) is 24.8 Å². The van der Waals surface area contributed by atoms with E-state index in [1.165, 1.54) is 19.3 Å². The number of ether oxygens (including phenoxy) is 1. The van der Waals surface area contributed by atoms with Gasteiger partial charge < -0.3 is 9.15 Å². The van der Waals surface area contributed by atoms with E-state index in [9.17, 15) is 0 Å². The molecule has 4 heterocycles. The van der Waals surface area contributed by atoms with E-state index in [0.717, 1.165) is 55.8 Å². The zero-order chi connectivity index (χ0) is 17.5. The number of rotatable bonds is 5. The number of nitrogens with zero attached hydrogens (tertiary/aromatic N) is 4. The van der Waals surface area contributed by atoms with Crippen molar-refractivity contribution in [2.45, 2.75) is 51.2 Å². The van der Waals surface area contributed by atoms with Gasteiger partial charge in [0.25, 0.3) is 0 Å². The summed E-state index contributed by atoms with van der Waals surface area (Å²) in [6.07, 6.45) is 4.55. The molecule has 3 fully saturated rings. The fourth-order valence-corrected chi connectivity index (χ4v) is 4.45. The van der Waals surface area contributed by atoms with Crippen LogP contribution in [-0.4, -0.2) is 45.9 Å². The lowest BCUT2D eigenvalue weighted by atomic mass is 9.83. The molecular weight excluding hydrogens is 328 g/mol. The Balaban J connectivity index is 1.18. The van der Waals surface area contributed by atoms with Crippen molar-refractivity contribution in [3.8, 4) is 0 Å². The standard InChI is InChI=1S/C20H26N4O2/c1-13-3-2-4-16(21-13)11-24-8-7-17-15(10-24)12-25-18(17)9-19-22-23-20(26-19)14-5-6-14/h2-4,14-15,17-18H,5-12H2,1H3/t15-,17-,18+/m1/s1. The summed E-state index contributed by atoms with van der Waals surface area (Å²) in [4.78, 5) is 7.17. The van der Waals surface area contributed by atoms with Crippen molar-refractivity contribution in [3.63, 3.8) is 0 Å². The van der Waals surface area contributed by atoms with Gasteiger partial charge in [-0.3, -0.25) is 9.88 Å². The molecule has 0 N–H and O–H groups in total. The summed E-state index contributed by atoms with van der Waals surface area (Å²) in [7, 11) is 0. The van der Waals surface area contributed by atoms with Crippen LogP contribution in [0.5, 0.6) is 0 Å². The van der Waals surface area contributed by atoms with Crippen molar-refractivity contribution in [2.24, 2.45) is 11.8 Å². The maximum absolute atomic E-state index is 6.14. The monoisotopic (exact) mass is 354 g/mol. The SMILES string of the molecule is Cc1cccc(CN2CC[C@@H]3[C@@H](CO[C@H]3Cc3nnc(C4CC4)o3)C2)n1. The van der Waals surface area contributed by atoms with Gasteiger partial charge in [-0.2, -0.15) is 0 Å². The number of likely N-dealkylation sites (tertiary alicyclic amines) is 1. The lowest BCUT2D eigenvalue weighted by molar-refractivity contribution is 0.0792. The molecule has 3 aliphatic rings. The lowest BCUT2D eigenvalue weighted by Crippen LogP contribution is -2.41. The van der Waals surface area contributed by atoms with Gasteiger partial charge in [0.1, 0.15) is 0 Å². The van der Waals surface area contributed by atoms with Crippen molar-refractivity contribution >= 4 is 0 Å². The summed E-state index contributed by atoms with van der Waals surface area (Å²) in [5.74, 6) is 3.31. The molecule has 0 radical (unpaired) electrons. The summed E-state index contributed by atoms with van der Waals surface area (Å²) >= 11 is 0. The van der Waals surface area contributed by atoms with E-state index in [2.05, 4.69) is 45.2 Å². The predicted octanol–water partition coefficient (Wildman–Crippen LogP) is 2.73. The van der Waals surface area contributed by atoms with E-state index >= 15 is 0 Å². The Hall–Kier alpha value is -1.79. The van der Waals surface area contributed by atoms with E-state index in [4.69, 9.17) is 9.15 Å². The summed E-state index contributed by atoms with van der Waals surface area (Å²) in [5, 5.41) is 8.45. The van der Waals surface area contributed by atoms with Crippen LogP contribution in [-0.2, 0) is 17.7 Å². The number of hydrogen-bond acceptors (Lipinski definition) is 6. The molecule has 138 valence electrons. The van der Waals surface area contributed by atoms with Gasteiger partial charge >= 0.3 is 0 Å². The highest BCUT2D eigenvalue weighted by Gasteiger charge is 2.41. The molecule has 2 aromatic heterocycles. The van der Waals surface area contributed by atoms with Crippen LogP contribution in [0.2, 0.25) is 0 Å². The molecule has 2 aromatic rings. The van der Waals surface area contributed by atoms with Crippen LogP contribution in [0.1, 0.15) is 48.3 Å². The second-order valence-corrected chi connectivity index (χ2v) is 8.10. The van der Waals surface area contributed by atoms with Crippen LogP contribution >= 0.6 is 0 Å². The van der Waals surface area contributed by atoms with Crippen molar-refractivity contribution in [2.75, 3.05) is 19.7 Å². The van der Waals surface area contributed by atoms with Crippen LogP contribution in [0.4, 0.5) is 0 Å². The molecule has 6 heteroatoms. The van der Waals surface area contributed by atoms with Gasteiger partial charge in [-0.1, -0.05) is 6.07 Å². The smallest absolute Gasteiger partial charge is 0.219 e. The van der Waals surface area contributed by atoms with Gasteiger partial charge in [0.15, 0.2) is 0 Å². The average molecular weight is 354 g/mol. The van der Waals surface area contributed by atoms with E-state index < -0.39 is 0 Å². The van der Waals surface area contributed by atoms with E-state index in [-0.39, 0.29) is 6.10 Å². The van der Waals surface area contributed by atoms with Gasteiger partial charge in [-0.05, 0) is 50.8 Å². The normalized spacial score (nSPS) is 29.0. The fraction of sp³-hybridized carbons (Fsp3) is 0.650. The first kappa shape index (κ1) is 16.4. The Labute approximate surface area is 154 Å². The fourth-order valence-electron chi connectivity index (χ4n) is 4.45. The van der Waals surface area contributed by atoms with Gasteiger partial charge in [-0.25, -0.2) is 0 Å². The highest BCUT2D eigenvalue weighted by Crippen LogP contribution is 2.40. The second kappa shape index (κ2) is 6.74. The molecular formula is C20H26N4O2. The molecule has 26 heavy (non-hydrogen) atoms. The minimum absolute atomic E-state index is 0.228. The molecule has 2 aliphatic heterocycles. The Morgan fingerprint density at radius 3 is 2.96 bits per heavy atom. The zero-order valence-corrected chi connectivity index (χ0v) is 15.3. The first-order valence-corrected chi connectivity index (χ1v) is 9.83. The Kier molecular flexibility index (Phi) is 4.25. The summed E-state index contributed by atoms with van der Waals surface area (Å²) in [6.45, 7) is 6.03. The summed E-state index contributed by atoms with van der Waals surface area (Å²) in [6, 6.07) is 6.27. The number of piperidine rings is 1. The van der Waals surface area contributed by atoms with Gasteiger partial charge in [-0.15, -0.1) is 10.2 Å². The number of hydrogen-bond donors (Lipinski definition) is 0. The molecule has 3 atom stereocenters. The summed E-state index contributed by atoms with van der Waals surface area (Å²) in [5.41, 5.74) is 2.25. The first-order valence-electron chi connectivity index (χ1n) is 9.83. The van der Waals surface area contributed by atoms with Crippen LogP contribution in [0.15, 0.2) is 22.6 Å². The molecule has 1 aliphatic carbocycles. The second-order valence-electron chi connectivity index (χ2n) is 8.10. The van der Waals surface area contributed by atoms with Crippen LogP contribution in [0, 0.1) is 18.8 Å². The third-order valence-corrected chi connectivity index (χ3v) is 6.00. The van der Waals surface area contributed by atoms with E-state index in [1.807, 2.05) is 0 Å². The minimum atomic E-state index is 0.228. The highest BCUT2D eigenvalue weighted by molar-refractivity contribution is 5.10. The lowest BCUT2D eigenvalue weighted by Gasteiger charge is -2.35. The largest absolute Gasteiger partial charge is 0.425 e. The molecule has 0 unspecified atom stereocenters. The van der Waals surface area contributed by atoms with Crippen molar-refractivity contribution < 1.29 is 9.15 Å². The van der Waals surface area contributed by atoms with Crippen molar-refractivity contribution in [3.05, 3.63) is 41.4 Å². The van der Waals surface area contributed by atoms with Crippen LogP contribution < -0.4 is 0 Å². The highest BCUT2D eigenvalue weighted by atomic mass is 16.5. The average Bonchev–Trinajstić information content (AvgIpc) is 3.26. The quantitative estimate of drug-likeness (QED) is 0.823. The van der Waals surface area contributed by atoms with Crippen LogP contribution in [0.3, 0.4) is 0 Å².